The zero-order chi connectivity index (χ0) is 23.8. The first kappa shape index (κ1) is 19.6. The van der Waals surface area contributed by atoms with Crippen molar-refractivity contribution in [3.05, 3.63) is 115 Å². The maximum Gasteiger partial charge on any atom is 0.187 e. The molecule has 2 aromatic heterocycles. The fourth-order valence-corrected chi connectivity index (χ4v) is 6.59. The summed E-state index contributed by atoms with van der Waals surface area (Å²) in [5.74, 6) is 0. The quantitative estimate of drug-likeness (QED) is 0.216. The second kappa shape index (κ2) is 7.18. The van der Waals surface area contributed by atoms with Gasteiger partial charge >= 0.3 is 0 Å². The Morgan fingerprint density at radius 2 is 1.33 bits per heavy atom. The number of hydrogen-bond donors (Lipinski definition) is 0. The van der Waals surface area contributed by atoms with E-state index in [4.69, 9.17) is 11.0 Å². The van der Waals surface area contributed by atoms with Crippen LogP contribution < -0.4 is 0 Å². The highest BCUT2D eigenvalue weighted by molar-refractivity contribution is 7.25. The fourth-order valence-electron chi connectivity index (χ4n) is 5.53. The lowest BCUT2D eigenvalue weighted by Gasteiger charge is -2.08. The summed E-state index contributed by atoms with van der Waals surface area (Å²) in [7, 11) is 0. The number of hydrogen-bond acceptors (Lipinski definition) is 2. The third-order valence-corrected chi connectivity index (χ3v) is 8.38. The summed E-state index contributed by atoms with van der Waals surface area (Å²) >= 11 is 1.77. The Balaban J connectivity index is 1.50. The first-order valence-electron chi connectivity index (χ1n) is 11.9. The van der Waals surface area contributed by atoms with Gasteiger partial charge in [-0.2, -0.15) is 0 Å². The average Bonchev–Trinajstić information content (AvgIpc) is 3.48. The molecule has 0 aliphatic rings. The summed E-state index contributed by atoms with van der Waals surface area (Å²) in [6.45, 7) is 7.45. The Bertz CT molecular complexity index is 2230. The summed E-state index contributed by atoms with van der Waals surface area (Å²) in [6, 6.07) is 36.3. The molecular formula is C33H17NOS. The van der Waals surface area contributed by atoms with E-state index in [2.05, 4.69) is 95.8 Å². The van der Waals surface area contributed by atoms with E-state index in [1.807, 2.05) is 12.1 Å². The summed E-state index contributed by atoms with van der Waals surface area (Å²) in [5, 5.41) is 9.41. The van der Waals surface area contributed by atoms with Crippen molar-refractivity contribution < 1.29 is 4.42 Å². The highest BCUT2D eigenvalue weighted by Gasteiger charge is 2.18. The number of nitrogens with zero attached hydrogens (tertiary/aromatic N) is 1. The van der Waals surface area contributed by atoms with Crippen molar-refractivity contribution in [2.75, 3.05) is 0 Å². The summed E-state index contributed by atoms with van der Waals surface area (Å²) < 4.78 is 9.06. The Labute approximate surface area is 210 Å². The van der Waals surface area contributed by atoms with E-state index in [1.54, 1.807) is 11.3 Å². The minimum atomic E-state index is 0.671. The molecule has 0 radical (unpaired) electrons. The molecule has 0 atom stereocenters. The molecule has 0 saturated heterocycles. The predicted molar refractivity (Wildman–Crippen MR) is 153 cm³/mol. The van der Waals surface area contributed by atoms with Crippen LogP contribution in [0.1, 0.15) is 0 Å². The molecule has 36 heavy (non-hydrogen) atoms. The smallest absolute Gasteiger partial charge is 0.187 e. The van der Waals surface area contributed by atoms with Crippen molar-refractivity contribution in [2.24, 2.45) is 0 Å². The van der Waals surface area contributed by atoms with Gasteiger partial charge in [-0.1, -0.05) is 66.7 Å². The number of benzene rings is 6. The zero-order valence-corrected chi connectivity index (χ0v) is 19.9. The molecule has 0 aliphatic carbocycles. The van der Waals surface area contributed by atoms with Gasteiger partial charge in [-0.25, -0.2) is 4.85 Å². The topological polar surface area (TPSA) is 17.5 Å². The van der Waals surface area contributed by atoms with Crippen molar-refractivity contribution in [3.8, 4) is 11.1 Å². The Hall–Kier alpha value is -4.65. The van der Waals surface area contributed by atoms with Gasteiger partial charge in [0.25, 0.3) is 0 Å². The van der Waals surface area contributed by atoms with Crippen LogP contribution >= 0.6 is 11.3 Å². The van der Waals surface area contributed by atoms with Gasteiger partial charge in [0.15, 0.2) is 5.69 Å². The Morgan fingerprint density at radius 1 is 0.611 bits per heavy atom. The van der Waals surface area contributed by atoms with Crippen molar-refractivity contribution in [1.82, 2.24) is 0 Å². The fraction of sp³-hybridized carbons (Fsp3) is 0. The molecule has 0 saturated carbocycles. The zero-order valence-electron chi connectivity index (χ0n) is 19.1. The van der Waals surface area contributed by atoms with Gasteiger partial charge in [-0.3, -0.25) is 0 Å². The van der Waals surface area contributed by atoms with Gasteiger partial charge in [0, 0.05) is 25.7 Å². The normalized spacial score (nSPS) is 11.9. The minimum absolute atomic E-state index is 0.671. The van der Waals surface area contributed by atoms with Crippen molar-refractivity contribution in [3.63, 3.8) is 0 Å². The molecule has 0 fully saturated rings. The van der Waals surface area contributed by atoms with Crippen LogP contribution in [0.25, 0.3) is 79.6 Å². The highest BCUT2D eigenvalue weighted by Crippen LogP contribution is 2.44. The lowest BCUT2D eigenvalue weighted by molar-refractivity contribution is 0.671. The summed E-state index contributed by atoms with van der Waals surface area (Å²) in [4.78, 5) is 3.65. The van der Waals surface area contributed by atoms with Crippen LogP contribution in [0.5, 0.6) is 0 Å². The van der Waals surface area contributed by atoms with E-state index >= 15 is 0 Å². The van der Waals surface area contributed by atoms with Gasteiger partial charge in [0.05, 0.1) is 6.57 Å². The largest absolute Gasteiger partial charge is 0.455 e. The van der Waals surface area contributed by atoms with Gasteiger partial charge in [-0.05, 0) is 74.3 Å². The maximum absolute atomic E-state index is 7.45. The summed E-state index contributed by atoms with van der Waals surface area (Å²) in [5.41, 5.74) is 4.70. The maximum atomic E-state index is 7.45. The minimum Gasteiger partial charge on any atom is -0.455 e. The molecule has 0 aliphatic heterocycles. The molecule has 8 rings (SSSR count). The van der Waals surface area contributed by atoms with E-state index in [9.17, 15) is 0 Å². The van der Waals surface area contributed by atoms with Gasteiger partial charge in [-0.15, -0.1) is 11.3 Å². The van der Waals surface area contributed by atoms with Crippen LogP contribution in [-0.2, 0) is 0 Å². The third-order valence-electron chi connectivity index (χ3n) is 7.22. The Kier molecular flexibility index (Phi) is 3.92. The summed E-state index contributed by atoms with van der Waals surface area (Å²) in [6.07, 6.45) is 0. The lowest BCUT2D eigenvalue weighted by atomic mass is 9.95. The van der Waals surface area contributed by atoms with Crippen molar-refractivity contribution >= 4 is 80.7 Å². The first-order valence-corrected chi connectivity index (χ1v) is 12.7. The van der Waals surface area contributed by atoms with Gasteiger partial charge in [0.1, 0.15) is 11.2 Å². The van der Waals surface area contributed by atoms with Gasteiger partial charge < -0.3 is 4.42 Å². The second-order valence-corrected chi connectivity index (χ2v) is 10.3. The molecule has 3 heteroatoms. The van der Waals surface area contributed by atoms with Crippen LogP contribution in [0.4, 0.5) is 5.69 Å². The third kappa shape index (κ3) is 2.71. The van der Waals surface area contributed by atoms with Crippen LogP contribution in [0.15, 0.2) is 108 Å². The molecule has 0 bridgehead atoms. The molecule has 0 N–H and O–H groups in total. The number of thiophene rings is 1. The molecule has 8 aromatic rings. The molecule has 2 nitrogen and oxygen atoms in total. The molecule has 0 unspecified atom stereocenters. The average molecular weight is 476 g/mol. The van der Waals surface area contributed by atoms with Crippen LogP contribution in [0, 0.1) is 6.57 Å². The molecular weight excluding hydrogens is 458 g/mol. The highest BCUT2D eigenvalue weighted by atomic mass is 32.1. The van der Waals surface area contributed by atoms with Crippen molar-refractivity contribution in [1.29, 1.82) is 0 Å². The van der Waals surface area contributed by atoms with E-state index in [0.29, 0.717) is 5.69 Å². The number of fused-ring (bicyclic) bond motifs is 9. The molecule has 6 aromatic carbocycles. The number of rotatable bonds is 1. The molecule has 0 spiro atoms. The predicted octanol–water partition coefficient (Wildman–Crippen LogP) is 10.5. The molecule has 2 heterocycles. The van der Waals surface area contributed by atoms with Crippen LogP contribution in [0.2, 0.25) is 0 Å². The SMILES string of the molecule is [C-]#[N+]c1ccc2sc3ccc(-c4cc5ccccc5c5c4oc4cc6ccccc6cc45)cc3c2c1. The van der Waals surface area contributed by atoms with Crippen LogP contribution in [0.3, 0.4) is 0 Å². The van der Waals surface area contributed by atoms with Crippen molar-refractivity contribution in [2.45, 2.75) is 0 Å². The standard InChI is InChI=1S/C33H17NOS/c1-34-23-11-13-31-27(18-23)26-16-22(10-12-30(26)36-31)25-15-21-8-4-5-9-24(21)32-28-14-19-6-2-3-7-20(19)17-29(28)35-33(25)32/h2-18H. The van der Waals surface area contributed by atoms with Gasteiger partial charge in [0.2, 0.25) is 0 Å². The number of furan rings is 1. The monoisotopic (exact) mass is 475 g/mol. The second-order valence-electron chi connectivity index (χ2n) is 9.25. The first-order chi connectivity index (χ1) is 17.8. The lowest BCUT2D eigenvalue weighted by Crippen LogP contribution is -1.82. The van der Waals surface area contributed by atoms with Crippen LogP contribution in [-0.4, -0.2) is 0 Å². The van der Waals surface area contributed by atoms with E-state index < -0.39 is 0 Å². The van der Waals surface area contributed by atoms with E-state index in [0.717, 1.165) is 38.5 Å². The van der Waals surface area contributed by atoms with E-state index in [1.165, 1.54) is 36.3 Å². The molecule has 0 amide bonds. The Morgan fingerprint density at radius 3 is 2.17 bits per heavy atom. The molecule has 166 valence electrons. The van der Waals surface area contributed by atoms with E-state index in [-0.39, 0.29) is 0 Å².